The summed E-state index contributed by atoms with van der Waals surface area (Å²) < 4.78 is 0. The number of hydrogen-bond donors (Lipinski definition) is 0. The first-order chi connectivity index (χ1) is 4.04. The van der Waals surface area contributed by atoms with E-state index in [1.807, 2.05) is 0 Å². The van der Waals surface area contributed by atoms with E-state index in [4.69, 9.17) is 0 Å². The van der Waals surface area contributed by atoms with Gasteiger partial charge < -0.3 is 0 Å². The maximum Gasteiger partial charge on any atom is 0.0338 e. The van der Waals surface area contributed by atoms with Gasteiger partial charge in [0, 0.05) is 11.6 Å². The molecule has 0 aromatic heterocycles. The zero-order chi connectivity index (χ0) is 7.07. The van der Waals surface area contributed by atoms with Crippen molar-refractivity contribution >= 4 is 0 Å². The Labute approximate surface area is 57.4 Å². The summed E-state index contributed by atoms with van der Waals surface area (Å²) in [6, 6.07) is 0.611. The molecule has 9 heavy (non-hydrogen) atoms. The molecule has 0 saturated heterocycles. The maximum absolute atomic E-state index is 2.35. The minimum Gasteiger partial charge on any atom is -0.292 e. The molecular formula is C8H15N. The molecule has 1 heteroatoms. The van der Waals surface area contributed by atoms with E-state index in [0.717, 1.165) is 0 Å². The predicted octanol–water partition coefficient (Wildman–Crippen LogP) is 1.66. The highest BCUT2D eigenvalue weighted by Gasteiger charge is 2.27. The van der Waals surface area contributed by atoms with Crippen molar-refractivity contribution in [2.75, 3.05) is 7.05 Å². The first-order valence-electron chi connectivity index (χ1n) is 3.46. The summed E-state index contributed by atoms with van der Waals surface area (Å²) in [4.78, 5) is 2.35. The third-order valence-corrected chi connectivity index (χ3v) is 2.30. The third kappa shape index (κ3) is 1.01. The molecule has 1 rings (SSSR count). The summed E-state index contributed by atoms with van der Waals surface area (Å²) in [6.07, 6.45) is 4.51. The van der Waals surface area contributed by atoms with Crippen LogP contribution in [0.15, 0.2) is 12.2 Å². The van der Waals surface area contributed by atoms with Crippen molar-refractivity contribution in [1.29, 1.82) is 0 Å². The highest BCUT2D eigenvalue weighted by atomic mass is 15.2. The van der Waals surface area contributed by atoms with Gasteiger partial charge in [0.25, 0.3) is 0 Å². The second-order valence-electron chi connectivity index (χ2n) is 3.36. The smallest absolute Gasteiger partial charge is 0.0338 e. The fraction of sp³-hybridized carbons (Fsp3) is 0.750. The van der Waals surface area contributed by atoms with Crippen molar-refractivity contribution in [3.8, 4) is 0 Å². The zero-order valence-corrected chi connectivity index (χ0v) is 6.68. The molecular weight excluding hydrogens is 110 g/mol. The Kier molecular flexibility index (Phi) is 1.39. The van der Waals surface area contributed by atoms with Crippen molar-refractivity contribution in [1.82, 2.24) is 4.90 Å². The molecule has 0 aromatic carbocycles. The van der Waals surface area contributed by atoms with Crippen LogP contribution in [-0.2, 0) is 0 Å². The lowest BCUT2D eigenvalue weighted by Gasteiger charge is -2.30. The predicted molar refractivity (Wildman–Crippen MR) is 40.4 cm³/mol. The molecule has 1 aliphatic heterocycles. The van der Waals surface area contributed by atoms with Gasteiger partial charge in [-0.2, -0.15) is 0 Å². The first-order valence-corrected chi connectivity index (χ1v) is 3.46. The van der Waals surface area contributed by atoms with Crippen molar-refractivity contribution < 1.29 is 0 Å². The minimum atomic E-state index is 0.277. The zero-order valence-electron chi connectivity index (χ0n) is 6.68. The van der Waals surface area contributed by atoms with Crippen LogP contribution >= 0.6 is 0 Å². The minimum absolute atomic E-state index is 0.277. The molecule has 52 valence electrons. The van der Waals surface area contributed by atoms with Crippen molar-refractivity contribution in [2.24, 2.45) is 0 Å². The molecule has 0 radical (unpaired) electrons. The molecule has 0 saturated carbocycles. The van der Waals surface area contributed by atoms with E-state index in [1.54, 1.807) is 0 Å². The first kappa shape index (κ1) is 6.81. The fourth-order valence-electron chi connectivity index (χ4n) is 1.15. The van der Waals surface area contributed by atoms with Crippen molar-refractivity contribution in [3.05, 3.63) is 12.2 Å². The van der Waals surface area contributed by atoms with Crippen LogP contribution in [0.5, 0.6) is 0 Å². The molecule has 1 unspecified atom stereocenters. The van der Waals surface area contributed by atoms with Crippen LogP contribution in [0.1, 0.15) is 20.8 Å². The van der Waals surface area contributed by atoms with Gasteiger partial charge >= 0.3 is 0 Å². The highest BCUT2D eigenvalue weighted by molar-refractivity contribution is 5.13. The molecule has 1 nitrogen and oxygen atoms in total. The Bertz CT molecular complexity index is 136. The van der Waals surface area contributed by atoms with Crippen LogP contribution in [0.4, 0.5) is 0 Å². The number of rotatable bonds is 0. The molecule has 0 fully saturated rings. The summed E-state index contributed by atoms with van der Waals surface area (Å²) in [6.45, 7) is 6.67. The highest BCUT2D eigenvalue weighted by Crippen LogP contribution is 2.23. The largest absolute Gasteiger partial charge is 0.292 e. The maximum atomic E-state index is 2.35. The van der Waals surface area contributed by atoms with E-state index < -0.39 is 0 Å². The Morgan fingerprint density at radius 1 is 1.44 bits per heavy atom. The average Bonchev–Trinajstić information content (AvgIpc) is 1.97. The van der Waals surface area contributed by atoms with Crippen LogP contribution in [0.2, 0.25) is 0 Å². The molecule has 0 amide bonds. The molecule has 1 heterocycles. The molecule has 1 atom stereocenters. The van der Waals surface area contributed by atoms with Crippen LogP contribution in [0.3, 0.4) is 0 Å². The topological polar surface area (TPSA) is 3.24 Å². The van der Waals surface area contributed by atoms with E-state index in [2.05, 4.69) is 44.9 Å². The summed E-state index contributed by atoms with van der Waals surface area (Å²) in [5.74, 6) is 0. The van der Waals surface area contributed by atoms with Gasteiger partial charge in [0.2, 0.25) is 0 Å². The van der Waals surface area contributed by atoms with E-state index in [-0.39, 0.29) is 5.54 Å². The van der Waals surface area contributed by atoms with E-state index in [0.29, 0.717) is 6.04 Å². The Hall–Kier alpha value is -0.300. The van der Waals surface area contributed by atoms with Crippen LogP contribution in [-0.4, -0.2) is 23.5 Å². The lowest BCUT2D eigenvalue weighted by atomic mass is 10.1. The van der Waals surface area contributed by atoms with Crippen LogP contribution in [0, 0.1) is 0 Å². The molecule has 0 aromatic rings. The Morgan fingerprint density at radius 3 is 2.11 bits per heavy atom. The van der Waals surface area contributed by atoms with E-state index >= 15 is 0 Å². The quantitative estimate of drug-likeness (QED) is 0.445. The summed E-state index contributed by atoms with van der Waals surface area (Å²) in [5.41, 5.74) is 0.277. The number of likely N-dealkylation sites (N-methyl/N-ethyl adjacent to an activating group) is 1. The van der Waals surface area contributed by atoms with Gasteiger partial charge in [-0.15, -0.1) is 0 Å². The van der Waals surface area contributed by atoms with E-state index in [9.17, 15) is 0 Å². The normalized spacial score (nSPS) is 33.6. The number of hydrogen-bond acceptors (Lipinski definition) is 1. The van der Waals surface area contributed by atoms with Crippen LogP contribution < -0.4 is 0 Å². The summed E-state index contributed by atoms with van der Waals surface area (Å²) >= 11 is 0. The standard InChI is InChI=1S/C8H15N/c1-7-5-6-8(2,3)9(7)4/h5-7H,1-4H3. The Morgan fingerprint density at radius 2 is 2.00 bits per heavy atom. The SMILES string of the molecule is CC1C=CC(C)(C)N1C. The van der Waals surface area contributed by atoms with Gasteiger partial charge in [0.15, 0.2) is 0 Å². The summed E-state index contributed by atoms with van der Waals surface area (Å²) in [7, 11) is 2.16. The van der Waals surface area contributed by atoms with Crippen LogP contribution in [0.25, 0.3) is 0 Å². The van der Waals surface area contributed by atoms with Gasteiger partial charge in [-0.3, -0.25) is 4.90 Å². The monoisotopic (exact) mass is 125 g/mol. The molecule has 0 bridgehead atoms. The molecule has 0 N–H and O–H groups in total. The lowest BCUT2D eigenvalue weighted by molar-refractivity contribution is 0.200. The van der Waals surface area contributed by atoms with Gasteiger partial charge in [-0.05, 0) is 27.8 Å². The fourth-order valence-corrected chi connectivity index (χ4v) is 1.15. The average molecular weight is 125 g/mol. The van der Waals surface area contributed by atoms with Gasteiger partial charge in [0.05, 0.1) is 0 Å². The van der Waals surface area contributed by atoms with E-state index in [1.165, 1.54) is 0 Å². The van der Waals surface area contributed by atoms with Crippen molar-refractivity contribution in [3.63, 3.8) is 0 Å². The molecule has 0 spiro atoms. The second-order valence-corrected chi connectivity index (χ2v) is 3.36. The number of nitrogens with zero attached hydrogens (tertiary/aromatic N) is 1. The van der Waals surface area contributed by atoms with Crippen molar-refractivity contribution in [2.45, 2.75) is 32.4 Å². The summed E-state index contributed by atoms with van der Waals surface area (Å²) in [5, 5.41) is 0. The van der Waals surface area contributed by atoms with Gasteiger partial charge in [0.1, 0.15) is 0 Å². The Balaban J connectivity index is 2.74. The van der Waals surface area contributed by atoms with Gasteiger partial charge in [-0.25, -0.2) is 0 Å². The molecule has 0 aliphatic carbocycles. The second kappa shape index (κ2) is 1.84. The van der Waals surface area contributed by atoms with Gasteiger partial charge in [-0.1, -0.05) is 12.2 Å². The third-order valence-electron chi connectivity index (χ3n) is 2.30. The lowest BCUT2D eigenvalue weighted by Crippen LogP contribution is -2.38. The molecule has 1 aliphatic rings.